The third-order valence-corrected chi connectivity index (χ3v) is 2.92. The lowest BCUT2D eigenvalue weighted by atomic mass is 10.1. The van der Waals surface area contributed by atoms with Gasteiger partial charge in [0.25, 0.3) is 0 Å². The molecule has 0 radical (unpaired) electrons. The maximum absolute atomic E-state index is 11.7. The van der Waals surface area contributed by atoms with Crippen LogP contribution in [0.4, 0.5) is 0 Å². The van der Waals surface area contributed by atoms with Gasteiger partial charge in [-0.05, 0) is 35.4 Å². The van der Waals surface area contributed by atoms with Gasteiger partial charge in [-0.1, -0.05) is 66.2 Å². The first kappa shape index (κ1) is 13.3. The highest BCUT2D eigenvalue weighted by Crippen LogP contribution is 2.16. The van der Waals surface area contributed by atoms with E-state index >= 15 is 0 Å². The Morgan fingerprint density at radius 3 is 2.21 bits per heavy atom. The number of allylic oxidation sites excluding steroid dienone is 2. The minimum Gasteiger partial charge on any atom is -0.290 e. The normalized spacial score (nSPS) is 11.2. The molecule has 94 valence electrons. The summed E-state index contributed by atoms with van der Waals surface area (Å²) in [5.74, 6) is -0.0660. The van der Waals surface area contributed by atoms with Crippen molar-refractivity contribution in [3.8, 4) is 0 Å². The van der Waals surface area contributed by atoms with E-state index in [4.69, 9.17) is 11.6 Å². The summed E-state index contributed by atoms with van der Waals surface area (Å²) in [7, 11) is 0. The van der Waals surface area contributed by atoms with Crippen LogP contribution >= 0.6 is 11.6 Å². The highest BCUT2D eigenvalue weighted by atomic mass is 35.5. The lowest BCUT2D eigenvalue weighted by Gasteiger charge is -1.95. The molecular formula is C17H13ClO. The highest BCUT2D eigenvalue weighted by molar-refractivity contribution is 6.32. The molecular weight excluding hydrogens is 256 g/mol. The van der Waals surface area contributed by atoms with E-state index in [0.717, 1.165) is 11.1 Å². The summed E-state index contributed by atoms with van der Waals surface area (Å²) >= 11 is 6.00. The molecule has 0 fully saturated rings. The molecule has 0 unspecified atom stereocenters. The summed E-state index contributed by atoms with van der Waals surface area (Å²) in [6, 6.07) is 17.1. The van der Waals surface area contributed by atoms with E-state index in [1.54, 1.807) is 24.3 Å². The van der Waals surface area contributed by atoms with Gasteiger partial charge >= 0.3 is 0 Å². The van der Waals surface area contributed by atoms with E-state index in [1.807, 2.05) is 48.5 Å². The molecule has 19 heavy (non-hydrogen) atoms. The smallest absolute Gasteiger partial charge is 0.178 e. The first-order valence-corrected chi connectivity index (χ1v) is 6.33. The fraction of sp³-hybridized carbons (Fsp3) is 0. The molecule has 0 saturated heterocycles. The van der Waals surface area contributed by atoms with Gasteiger partial charge in [0, 0.05) is 5.02 Å². The molecule has 0 aliphatic rings. The van der Waals surface area contributed by atoms with Crippen molar-refractivity contribution < 1.29 is 4.79 Å². The molecule has 0 heterocycles. The molecule has 0 N–H and O–H groups in total. The number of halogens is 1. The van der Waals surface area contributed by atoms with Crippen molar-refractivity contribution in [3.05, 3.63) is 82.9 Å². The van der Waals surface area contributed by atoms with E-state index in [1.165, 1.54) is 6.08 Å². The highest BCUT2D eigenvalue weighted by Gasteiger charge is 1.95. The number of carbonyl (C=O) groups is 1. The third-order valence-electron chi connectivity index (χ3n) is 2.57. The number of hydrogen-bond donors (Lipinski definition) is 0. The molecule has 0 aromatic heterocycles. The van der Waals surface area contributed by atoms with Crippen LogP contribution in [0.5, 0.6) is 0 Å². The summed E-state index contributed by atoms with van der Waals surface area (Å²) in [5, 5.41) is 0.638. The van der Waals surface area contributed by atoms with E-state index in [9.17, 15) is 4.79 Å². The minimum absolute atomic E-state index is 0.0660. The van der Waals surface area contributed by atoms with Crippen LogP contribution in [-0.4, -0.2) is 5.78 Å². The maximum Gasteiger partial charge on any atom is 0.178 e. The molecule has 0 saturated carbocycles. The first-order chi connectivity index (χ1) is 9.25. The zero-order valence-corrected chi connectivity index (χ0v) is 11.0. The Hall–Kier alpha value is -2.12. The van der Waals surface area contributed by atoms with Gasteiger partial charge in [0.2, 0.25) is 0 Å². The van der Waals surface area contributed by atoms with Crippen molar-refractivity contribution in [1.29, 1.82) is 0 Å². The fourth-order valence-electron chi connectivity index (χ4n) is 1.58. The minimum atomic E-state index is -0.0660. The topological polar surface area (TPSA) is 17.1 Å². The predicted molar refractivity (Wildman–Crippen MR) is 81.0 cm³/mol. The van der Waals surface area contributed by atoms with Crippen molar-refractivity contribution in [2.75, 3.05) is 0 Å². The van der Waals surface area contributed by atoms with Crippen molar-refractivity contribution in [2.24, 2.45) is 0 Å². The van der Waals surface area contributed by atoms with Crippen LogP contribution in [0, 0.1) is 0 Å². The summed E-state index contributed by atoms with van der Waals surface area (Å²) in [4.78, 5) is 11.7. The monoisotopic (exact) mass is 268 g/mol. The molecule has 0 bridgehead atoms. The van der Waals surface area contributed by atoms with Crippen molar-refractivity contribution >= 4 is 29.5 Å². The Morgan fingerprint density at radius 1 is 0.842 bits per heavy atom. The van der Waals surface area contributed by atoms with Crippen LogP contribution in [-0.2, 0) is 4.79 Å². The van der Waals surface area contributed by atoms with Gasteiger partial charge in [-0.15, -0.1) is 0 Å². The SMILES string of the molecule is O=C(C=Cc1ccccc1)C=Cc1ccccc1Cl. The average molecular weight is 269 g/mol. The lowest BCUT2D eigenvalue weighted by molar-refractivity contribution is -0.110. The van der Waals surface area contributed by atoms with Gasteiger partial charge in [-0.2, -0.15) is 0 Å². The molecule has 0 spiro atoms. The molecule has 1 nitrogen and oxygen atoms in total. The van der Waals surface area contributed by atoms with E-state index < -0.39 is 0 Å². The number of hydrogen-bond acceptors (Lipinski definition) is 1. The van der Waals surface area contributed by atoms with Gasteiger partial charge in [-0.25, -0.2) is 0 Å². The van der Waals surface area contributed by atoms with Gasteiger partial charge < -0.3 is 0 Å². The quantitative estimate of drug-likeness (QED) is 0.739. The largest absolute Gasteiger partial charge is 0.290 e. The maximum atomic E-state index is 11.7. The van der Waals surface area contributed by atoms with Gasteiger partial charge in [0.1, 0.15) is 0 Å². The Balaban J connectivity index is 2.02. The Kier molecular flexibility index (Phi) is 4.71. The lowest BCUT2D eigenvalue weighted by Crippen LogP contribution is -1.85. The second kappa shape index (κ2) is 6.72. The van der Waals surface area contributed by atoms with E-state index in [-0.39, 0.29) is 5.78 Å². The van der Waals surface area contributed by atoms with Crippen LogP contribution in [0.2, 0.25) is 5.02 Å². The molecule has 2 aromatic rings. The number of benzene rings is 2. The molecule has 0 atom stereocenters. The molecule has 2 rings (SSSR count). The van der Waals surface area contributed by atoms with Crippen LogP contribution in [0.15, 0.2) is 66.7 Å². The molecule has 0 aliphatic carbocycles. The zero-order chi connectivity index (χ0) is 13.5. The van der Waals surface area contributed by atoms with Crippen LogP contribution in [0.25, 0.3) is 12.2 Å². The number of rotatable bonds is 4. The van der Waals surface area contributed by atoms with Crippen LogP contribution < -0.4 is 0 Å². The average Bonchev–Trinajstić information content (AvgIpc) is 2.45. The Labute approximate surface area is 117 Å². The first-order valence-electron chi connectivity index (χ1n) is 5.95. The number of carbonyl (C=O) groups excluding carboxylic acids is 1. The van der Waals surface area contributed by atoms with Crippen molar-refractivity contribution in [3.63, 3.8) is 0 Å². The summed E-state index contributed by atoms with van der Waals surface area (Å²) < 4.78 is 0. The van der Waals surface area contributed by atoms with Crippen molar-refractivity contribution in [2.45, 2.75) is 0 Å². The molecule has 0 aliphatic heterocycles. The summed E-state index contributed by atoms with van der Waals surface area (Å²) in [5.41, 5.74) is 1.84. The van der Waals surface area contributed by atoms with Gasteiger partial charge in [0.15, 0.2) is 5.78 Å². The van der Waals surface area contributed by atoms with E-state index in [2.05, 4.69) is 0 Å². The van der Waals surface area contributed by atoms with Gasteiger partial charge in [0.05, 0.1) is 0 Å². The second-order valence-electron chi connectivity index (χ2n) is 4.00. The van der Waals surface area contributed by atoms with Crippen LogP contribution in [0.1, 0.15) is 11.1 Å². The Morgan fingerprint density at radius 2 is 1.47 bits per heavy atom. The Bertz CT molecular complexity index is 612. The fourth-order valence-corrected chi connectivity index (χ4v) is 1.78. The zero-order valence-electron chi connectivity index (χ0n) is 10.3. The van der Waals surface area contributed by atoms with E-state index in [0.29, 0.717) is 5.02 Å². The second-order valence-corrected chi connectivity index (χ2v) is 4.41. The van der Waals surface area contributed by atoms with Crippen molar-refractivity contribution in [1.82, 2.24) is 0 Å². The molecule has 0 amide bonds. The number of ketones is 1. The van der Waals surface area contributed by atoms with Gasteiger partial charge in [-0.3, -0.25) is 4.79 Å². The third kappa shape index (κ3) is 4.23. The van der Waals surface area contributed by atoms with Crippen LogP contribution in [0.3, 0.4) is 0 Å². The summed E-state index contributed by atoms with van der Waals surface area (Å²) in [6.07, 6.45) is 6.57. The predicted octanol–water partition coefficient (Wildman–Crippen LogP) is 4.64. The molecule has 2 aromatic carbocycles. The summed E-state index contributed by atoms with van der Waals surface area (Å²) in [6.45, 7) is 0. The molecule has 2 heteroatoms. The standard InChI is InChI=1S/C17H13ClO/c18-17-9-5-4-8-15(17)11-13-16(19)12-10-14-6-2-1-3-7-14/h1-13H.